The number of anilines is 2. The fourth-order valence-corrected chi connectivity index (χ4v) is 4.35. The van der Waals surface area contributed by atoms with Crippen molar-refractivity contribution < 1.29 is 9.59 Å². The first-order chi connectivity index (χ1) is 14.6. The van der Waals surface area contributed by atoms with E-state index in [4.69, 9.17) is 11.6 Å². The van der Waals surface area contributed by atoms with Crippen molar-refractivity contribution in [3.05, 3.63) is 88.9 Å². The Morgan fingerprint density at radius 2 is 1.70 bits per heavy atom. The maximum atomic E-state index is 12.6. The van der Waals surface area contributed by atoms with Gasteiger partial charge < -0.3 is 10.2 Å². The van der Waals surface area contributed by atoms with Gasteiger partial charge in [-0.3, -0.25) is 9.59 Å². The summed E-state index contributed by atoms with van der Waals surface area (Å²) >= 11 is 7.38. The highest BCUT2D eigenvalue weighted by molar-refractivity contribution is 8.00. The third kappa shape index (κ3) is 5.04. The van der Waals surface area contributed by atoms with E-state index in [1.807, 2.05) is 59.5 Å². The average Bonchev–Trinajstić information content (AvgIpc) is 3.19. The number of carbonyl (C=O) groups is 2. The van der Waals surface area contributed by atoms with Crippen LogP contribution < -0.4 is 10.2 Å². The molecule has 3 aromatic rings. The van der Waals surface area contributed by atoms with Gasteiger partial charge in [0.2, 0.25) is 11.8 Å². The Morgan fingerprint density at radius 3 is 2.47 bits per heavy atom. The molecule has 0 aromatic heterocycles. The predicted octanol–water partition coefficient (Wildman–Crippen LogP) is 5.20. The highest BCUT2D eigenvalue weighted by Gasteiger charge is 2.23. The zero-order valence-corrected chi connectivity index (χ0v) is 17.9. The van der Waals surface area contributed by atoms with Crippen molar-refractivity contribution in [2.45, 2.75) is 17.7 Å². The number of carbonyl (C=O) groups excluding carboxylic acids is 2. The van der Waals surface area contributed by atoms with Crippen LogP contribution in [-0.4, -0.2) is 24.1 Å². The van der Waals surface area contributed by atoms with Crippen LogP contribution in [0.5, 0.6) is 0 Å². The van der Waals surface area contributed by atoms with E-state index in [9.17, 15) is 9.59 Å². The molecule has 0 unspecified atom stereocenters. The number of hydrogen-bond acceptors (Lipinski definition) is 3. The first-order valence-corrected chi connectivity index (χ1v) is 11.1. The number of benzene rings is 3. The lowest BCUT2D eigenvalue weighted by Crippen LogP contribution is -2.30. The van der Waals surface area contributed by atoms with E-state index in [1.165, 1.54) is 17.3 Å². The molecule has 4 nitrogen and oxygen atoms in total. The monoisotopic (exact) mass is 436 g/mol. The maximum Gasteiger partial charge on any atom is 0.237 e. The van der Waals surface area contributed by atoms with Crippen molar-refractivity contribution in [2.75, 3.05) is 22.5 Å². The Balaban J connectivity index is 1.28. The van der Waals surface area contributed by atoms with Gasteiger partial charge >= 0.3 is 0 Å². The van der Waals surface area contributed by atoms with Gasteiger partial charge in [-0.25, -0.2) is 0 Å². The van der Waals surface area contributed by atoms with Gasteiger partial charge in [-0.2, -0.15) is 0 Å². The molecule has 152 valence electrons. The zero-order chi connectivity index (χ0) is 20.9. The van der Waals surface area contributed by atoms with E-state index in [2.05, 4.69) is 11.4 Å². The second-order valence-corrected chi connectivity index (χ2v) is 8.57. The first kappa shape index (κ1) is 20.5. The summed E-state index contributed by atoms with van der Waals surface area (Å²) in [5.74, 6) is 0.419. The van der Waals surface area contributed by atoms with Crippen LogP contribution in [0.2, 0.25) is 5.02 Å². The molecule has 0 spiro atoms. The summed E-state index contributed by atoms with van der Waals surface area (Å²) < 4.78 is 0. The van der Waals surface area contributed by atoms with Gasteiger partial charge in [0.05, 0.1) is 12.2 Å². The molecule has 0 bridgehead atoms. The second kappa shape index (κ2) is 9.37. The summed E-state index contributed by atoms with van der Waals surface area (Å²) in [5.41, 5.74) is 3.90. The number of fused-ring (bicyclic) bond motifs is 1. The summed E-state index contributed by atoms with van der Waals surface area (Å²) in [5, 5.41) is 3.55. The molecule has 0 radical (unpaired) electrons. The minimum Gasteiger partial charge on any atom is -0.326 e. The number of halogens is 1. The van der Waals surface area contributed by atoms with Crippen molar-refractivity contribution in [2.24, 2.45) is 0 Å². The quantitative estimate of drug-likeness (QED) is 0.540. The Hall–Kier alpha value is -2.76. The Labute approximate surface area is 185 Å². The highest BCUT2D eigenvalue weighted by atomic mass is 35.5. The highest BCUT2D eigenvalue weighted by Crippen LogP contribution is 2.29. The van der Waals surface area contributed by atoms with Gasteiger partial charge in [0.15, 0.2) is 0 Å². The van der Waals surface area contributed by atoms with Crippen molar-refractivity contribution in [1.29, 1.82) is 0 Å². The molecular weight excluding hydrogens is 416 g/mol. The third-order valence-corrected chi connectivity index (χ3v) is 6.22. The van der Waals surface area contributed by atoms with Crippen LogP contribution in [0, 0.1) is 0 Å². The molecule has 3 aromatic carbocycles. The fraction of sp³-hybridized carbons (Fsp3) is 0.167. The standard InChI is InChI=1S/C24H21ClN2O2S/c25-19-7-5-17(6-8-19)15-23(28)26-20-9-11-21(12-10-20)30-16-24(29)27-14-13-18-3-1-2-4-22(18)27/h1-12H,13-16H2,(H,26,28). The van der Waals surface area contributed by atoms with Gasteiger partial charge in [0.1, 0.15) is 0 Å². The molecule has 4 rings (SSSR count). The molecule has 1 heterocycles. The number of rotatable bonds is 6. The number of para-hydroxylation sites is 1. The van der Waals surface area contributed by atoms with Gasteiger partial charge in [0.25, 0.3) is 0 Å². The topological polar surface area (TPSA) is 49.4 Å². The van der Waals surface area contributed by atoms with E-state index >= 15 is 0 Å². The van der Waals surface area contributed by atoms with Crippen LogP contribution in [0.4, 0.5) is 11.4 Å². The minimum atomic E-state index is -0.0828. The smallest absolute Gasteiger partial charge is 0.237 e. The van der Waals surface area contributed by atoms with Crippen molar-refractivity contribution in [3.63, 3.8) is 0 Å². The van der Waals surface area contributed by atoms with Gasteiger partial charge in [-0.05, 0) is 60.0 Å². The number of thioether (sulfide) groups is 1. The summed E-state index contributed by atoms with van der Waals surface area (Å²) in [6, 6.07) is 22.9. The maximum absolute atomic E-state index is 12.6. The van der Waals surface area contributed by atoms with E-state index in [1.54, 1.807) is 12.1 Å². The Kier molecular flexibility index (Phi) is 6.41. The summed E-state index contributed by atoms with van der Waals surface area (Å²) in [7, 11) is 0. The largest absolute Gasteiger partial charge is 0.326 e. The molecule has 2 amide bonds. The molecule has 1 aliphatic heterocycles. The summed E-state index contributed by atoms with van der Waals surface area (Å²) in [4.78, 5) is 27.7. The molecule has 1 aliphatic rings. The average molecular weight is 437 g/mol. The minimum absolute atomic E-state index is 0.0828. The normalized spacial score (nSPS) is 12.5. The molecule has 0 saturated heterocycles. The van der Waals surface area contributed by atoms with Crippen LogP contribution in [0.25, 0.3) is 0 Å². The summed E-state index contributed by atoms with van der Waals surface area (Å²) in [6.07, 6.45) is 1.20. The van der Waals surface area contributed by atoms with Gasteiger partial charge in [-0.1, -0.05) is 41.9 Å². The second-order valence-electron chi connectivity index (χ2n) is 7.09. The van der Waals surface area contributed by atoms with Crippen molar-refractivity contribution in [3.8, 4) is 0 Å². The van der Waals surface area contributed by atoms with Crippen LogP contribution >= 0.6 is 23.4 Å². The molecule has 0 saturated carbocycles. The molecule has 0 atom stereocenters. The molecule has 6 heteroatoms. The van der Waals surface area contributed by atoms with Crippen LogP contribution in [0.1, 0.15) is 11.1 Å². The Morgan fingerprint density at radius 1 is 0.967 bits per heavy atom. The van der Waals surface area contributed by atoms with Crippen molar-refractivity contribution >= 4 is 46.6 Å². The summed E-state index contributed by atoms with van der Waals surface area (Å²) in [6.45, 7) is 0.747. The lowest BCUT2D eigenvalue weighted by molar-refractivity contribution is -0.116. The SMILES string of the molecule is O=C(Cc1ccc(Cl)cc1)Nc1ccc(SCC(=O)N2CCc3ccccc32)cc1. The molecule has 30 heavy (non-hydrogen) atoms. The zero-order valence-electron chi connectivity index (χ0n) is 16.3. The third-order valence-electron chi connectivity index (χ3n) is 4.97. The number of nitrogens with zero attached hydrogens (tertiary/aromatic N) is 1. The van der Waals surface area contributed by atoms with E-state index in [-0.39, 0.29) is 11.8 Å². The van der Waals surface area contributed by atoms with Crippen LogP contribution in [-0.2, 0) is 22.4 Å². The predicted molar refractivity (Wildman–Crippen MR) is 123 cm³/mol. The van der Waals surface area contributed by atoms with Gasteiger partial charge in [-0.15, -0.1) is 11.8 Å². The number of amides is 2. The lowest BCUT2D eigenvalue weighted by atomic mass is 10.1. The molecule has 0 fully saturated rings. The Bertz CT molecular complexity index is 1050. The van der Waals surface area contributed by atoms with E-state index in [0.29, 0.717) is 17.2 Å². The fourth-order valence-electron chi connectivity index (χ4n) is 3.45. The molecular formula is C24H21ClN2O2S. The van der Waals surface area contributed by atoms with Crippen LogP contribution in [0.3, 0.4) is 0 Å². The molecule has 1 N–H and O–H groups in total. The lowest BCUT2D eigenvalue weighted by Gasteiger charge is -2.17. The van der Waals surface area contributed by atoms with E-state index < -0.39 is 0 Å². The van der Waals surface area contributed by atoms with E-state index in [0.717, 1.165) is 34.8 Å². The van der Waals surface area contributed by atoms with Gasteiger partial charge in [0, 0.05) is 27.8 Å². The number of hydrogen-bond donors (Lipinski definition) is 1. The van der Waals surface area contributed by atoms with Crippen LogP contribution in [0.15, 0.2) is 77.7 Å². The first-order valence-electron chi connectivity index (χ1n) is 9.74. The van der Waals surface area contributed by atoms with Crippen molar-refractivity contribution in [1.82, 2.24) is 0 Å². The number of nitrogens with one attached hydrogen (secondary N) is 1. The molecule has 0 aliphatic carbocycles.